The summed E-state index contributed by atoms with van der Waals surface area (Å²) < 4.78 is 46.8. The minimum Gasteiger partial charge on any atom is -0.497 e. The number of carbonyl (C=O) groups is 2. The van der Waals surface area contributed by atoms with E-state index in [4.69, 9.17) is 4.74 Å². The van der Waals surface area contributed by atoms with E-state index in [-0.39, 0.29) is 18.1 Å². The van der Waals surface area contributed by atoms with Crippen molar-refractivity contribution in [2.45, 2.75) is 39.3 Å². The van der Waals surface area contributed by atoms with Gasteiger partial charge in [0.1, 0.15) is 24.2 Å². The third kappa shape index (κ3) is 7.66. The highest BCUT2D eigenvalue weighted by Crippen LogP contribution is 2.22. The Kier molecular flexibility index (Phi) is 10.7. The summed E-state index contributed by atoms with van der Waals surface area (Å²) in [5.74, 6) is -0.887. The summed E-state index contributed by atoms with van der Waals surface area (Å²) in [5.41, 5.74) is 0.833. The summed E-state index contributed by atoms with van der Waals surface area (Å²) in [6.45, 7) is 3.55. The average Bonchev–Trinajstić information content (AvgIpc) is 2.86. The summed E-state index contributed by atoms with van der Waals surface area (Å²) in [4.78, 5) is 27.8. The molecule has 2 aromatic rings. The smallest absolute Gasteiger partial charge is 0.304 e. The maximum Gasteiger partial charge on any atom is 0.304 e. The zero-order chi connectivity index (χ0) is 26.9. The highest BCUT2D eigenvalue weighted by molar-refractivity contribution is 7.90. The molecule has 2 rings (SSSR count). The van der Waals surface area contributed by atoms with Crippen molar-refractivity contribution in [2.75, 3.05) is 38.6 Å². The number of nitrogens with one attached hydrogen (secondary N) is 1. The van der Waals surface area contributed by atoms with E-state index in [0.29, 0.717) is 17.9 Å². The van der Waals surface area contributed by atoms with E-state index in [1.807, 2.05) is 6.92 Å². The van der Waals surface area contributed by atoms with Gasteiger partial charge in [-0.2, -0.15) is 12.7 Å². The van der Waals surface area contributed by atoms with Gasteiger partial charge in [-0.25, -0.2) is 8.70 Å². The maximum absolute atomic E-state index is 13.6. The predicted molar refractivity (Wildman–Crippen MR) is 137 cm³/mol. The van der Waals surface area contributed by atoms with Crippen LogP contribution in [0.4, 0.5) is 10.1 Å². The molecule has 1 N–H and O–H groups in total. The van der Waals surface area contributed by atoms with E-state index in [1.165, 1.54) is 38.2 Å². The molecule has 0 aliphatic carbocycles. The number of hydrogen-bond donors (Lipinski definition) is 1. The average molecular weight is 523 g/mol. The monoisotopic (exact) mass is 522 g/mol. The van der Waals surface area contributed by atoms with Crippen molar-refractivity contribution in [3.8, 4) is 5.75 Å². The van der Waals surface area contributed by atoms with Gasteiger partial charge < -0.3 is 15.0 Å². The summed E-state index contributed by atoms with van der Waals surface area (Å²) >= 11 is 0. The first-order valence-corrected chi connectivity index (χ1v) is 13.1. The normalized spacial score (nSPS) is 12.2. The number of nitrogens with zero attached hydrogens (tertiary/aromatic N) is 3. The van der Waals surface area contributed by atoms with E-state index in [1.54, 1.807) is 31.2 Å². The lowest BCUT2D eigenvalue weighted by molar-refractivity contribution is -0.139. The lowest BCUT2D eigenvalue weighted by Gasteiger charge is -2.32. The number of benzene rings is 2. The van der Waals surface area contributed by atoms with Gasteiger partial charge in [0.25, 0.3) is 0 Å². The SMILES string of the molecule is CCCCNC(=O)[C@@H](C)N(Cc1cccc(OC)c1)C(=O)CN(c1ccc(F)cc1)S(=O)(=O)N(C)C. The Morgan fingerprint density at radius 2 is 1.78 bits per heavy atom. The van der Waals surface area contributed by atoms with Crippen molar-refractivity contribution in [3.63, 3.8) is 0 Å². The number of ether oxygens (including phenoxy) is 1. The fourth-order valence-electron chi connectivity index (χ4n) is 3.41. The van der Waals surface area contributed by atoms with Crippen LogP contribution in [0.15, 0.2) is 48.5 Å². The molecule has 11 heteroatoms. The predicted octanol–water partition coefficient (Wildman–Crippen LogP) is 2.78. The molecule has 0 aromatic heterocycles. The van der Waals surface area contributed by atoms with Gasteiger partial charge in [-0.15, -0.1) is 0 Å². The highest BCUT2D eigenvalue weighted by Gasteiger charge is 2.32. The molecule has 0 heterocycles. The van der Waals surface area contributed by atoms with Gasteiger partial charge in [-0.1, -0.05) is 25.5 Å². The van der Waals surface area contributed by atoms with Crippen LogP contribution in [0.25, 0.3) is 0 Å². The fraction of sp³-hybridized carbons (Fsp3) is 0.440. The van der Waals surface area contributed by atoms with Crippen LogP contribution in [-0.4, -0.2) is 69.8 Å². The lowest BCUT2D eigenvalue weighted by atomic mass is 10.1. The zero-order valence-corrected chi connectivity index (χ0v) is 22.2. The van der Waals surface area contributed by atoms with Gasteiger partial charge in [-0.05, 0) is 55.3 Å². The van der Waals surface area contributed by atoms with Gasteiger partial charge >= 0.3 is 10.2 Å². The molecule has 9 nitrogen and oxygen atoms in total. The quantitative estimate of drug-likeness (QED) is 0.408. The van der Waals surface area contributed by atoms with Gasteiger partial charge in [0, 0.05) is 27.2 Å². The van der Waals surface area contributed by atoms with Gasteiger partial charge in [0.05, 0.1) is 12.8 Å². The number of halogens is 1. The van der Waals surface area contributed by atoms with Crippen molar-refractivity contribution >= 4 is 27.7 Å². The van der Waals surface area contributed by atoms with Crippen LogP contribution in [0.2, 0.25) is 0 Å². The summed E-state index contributed by atoms with van der Waals surface area (Å²) in [5, 5.41) is 2.83. The van der Waals surface area contributed by atoms with Crippen molar-refractivity contribution in [3.05, 3.63) is 59.9 Å². The van der Waals surface area contributed by atoms with Crippen LogP contribution in [0.3, 0.4) is 0 Å². The number of unbranched alkanes of at least 4 members (excludes halogenated alkanes) is 1. The minimum absolute atomic E-state index is 0.0532. The molecule has 0 saturated carbocycles. The zero-order valence-electron chi connectivity index (χ0n) is 21.4. The second-order valence-corrected chi connectivity index (χ2v) is 10.5. The second-order valence-electron chi connectivity index (χ2n) is 8.47. The number of hydrogen-bond acceptors (Lipinski definition) is 5. The molecule has 0 aliphatic heterocycles. The lowest BCUT2D eigenvalue weighted by Crippen LogP contribution is -2.52. The molecule has 0 bridgehead atoms. The Morgan fingerprint density at radius 3 is 2.36 bits per heavy atom. The van der Waals surface area contributed by atoms with Gasteiger partial charge in [0.15, 0.2) is 0 Å². The van der Waals surface area contributed by atoms with E-state index in [2.05, 4.69) is 5.32 Å². The van der Waals surface area contributed by atoms with Crippen molar-refractivity contribution in [1.29, 1.82) is 0 Å². The largest absolute Gasteiger partial charge is 0.497 e. The highest BCUT2D eigenvalue weighted by atomic mass is 32.2. The Balaban J connectivity index is 2.42. The molecule has 198 valence electrons. The van der Waals surface area contributed by atoms with Crippen molar-refractivity contribution in [1.82, 2.24) is 14.5 Å². The van der Waals surface area contributed by atoms with Crippen LogP contribution >= 0.6 is 0 Å². The molecule has 0 saturated heterocycles. The van der Waals surface area contributed by atoms with Crippen LogP contribution in [0.5, 0.6) is 5.75 Å². The van der Waals surface area contributed by atoms with Crippen LogP contribution in [0.1, 0.15) is 32.3 Å². The number of carbonyl (C=O) groups excluding carboxylic acids is 2. The third-order valence-electron chi connectivity index (χ3n) is 5.62. The topological polar surface area (TPSA) is 99.3 Å². The molecular weight excluding hydrogens is 487 g/mol. The molecule has 0 spiro atoms. The molecular formula is C25H35FN4O5S. The summed E-state index contributed by atoms with van der Waals surface area (Å²) in [6.07, 6.45) is 1.69. The number of methoxy groups -OCH3 is 1. The number of rotatable bonds is 13. The second kappa shape index (κ2) is 13.2. The van der Waals surface area contributed by atoms with Crippen molar-refractivity contribution in [2.24, 2.45) is 0 Å². The molecule has 0 radical (unpaired) electrons. The van der Waals surface area contributed by atoms with Crippen molar-refractivity contribution < 1.29 is 27.1 Å². The van der Waals surface area contributed by atoms with E-state index >= 15 is 0 Å². The molecule has 2 aromatic carbocycles. The molecule has 36 heavy (non-hydrogen) atoms. The van der Waals surface area contributed by atoms with Gasteiger partial charge in [-0.3, -0.25) is 9.59 Å². The van der Waals surface area contributed by atoms with Crippen LogP contribution in [0, 0.1) is 5.82 Å². The van der Waals surface area contributed by atoms with Crippen LogP contribution < -0.4 is 14.4 Å². The Labute approximate surface area is 213 Å². The van der Waals surface area contributed by atoms with E-state index in [9.17, 15) is 22.4 Å². The minimum atomic E-state index is -4.10. The number of amides is 2. The number of anilines is 1. The maximum atomic E-state index is 13.6. The first-order valence-electron chi connectivity index (χ1n) is 11.7. The van der Waals surface area contributed by atoms with Crippen LogP contribution in [-0.2, 0) is 26.3 Å². The molecule has 0 aliphatic rings. The van der Waals surface area contributed by atoms with E-state index < -0.39 is 34.5 Å². The summed E-state index contributed by atoms with van der Waals surface area (Å²) in [7, 11) is 0.105. The van der Waals surface area contributed by atoms with Gasteiger partial charge in [0.2, 0.25) is 11.8 Å². The summed E-state index contributed by atoms with van der Waals surface area (Å²) in [6, 6.07) is 11.0. The third-order valence-corrected chi connectivity index (χ3v) is 7.44. The molecule has 1 atom stereocenters. The first kappa shape index (κ1) is 29.1. The Hall–Kier alpha value is -3.18. The fourth-order valence-corrected chi connectivity index (χ4v) is 4.47. The Bertz CT molecular complexity index is 1130. The molecule has 2 amide bonds. The Morgan fingerprint density at radius 1 is 1.11 bits per heavy atom. The standard InChI is InChI=1S/C25H35FN4O5S/c1-6-7-15-27-25(32)19(2)29(17-20-9-8-10-23(16-20)35-5)24(31)18-30(36(33,34)28(3)4)22-13-11-21(26)12-14-22/h8-14,16,19H,6-7,15,17-18H2,1-5H3,(H,27,32)/t19-/m1/s1. The first-order chi connectivity index (χ1) is 17.0. The molecule has 0 unspecified atom stereocenters. The van der Waals surface area contributed by atoms with E-state index in [0.717, 1.165) is 33.6 Å². The molecule has 0 fully saturated rings.